The van der Waals surface area contributed by atoms with Crippen LogP contribution in [0.4, 0.5) is 18.9 Å². The van der Waals surface area contributed by atoms with Crippen molar-refractivity contribution >= 4 is 24.2 Å². The number of benzene rings is 1. The van der Waals surface area contributed by atoms with Crippen molar-refractivity contribution in [3.05, 3.63) is 24.3 Å². The Morgan fingerprint density at radius 2 is 2.00 bits per heavy atom. The quantitative estimate of drug-likeness (QED) is 0.834. The number of ether oxygens (including phenoxy) is 1. The molecule has 0 aliphatic carbocycles. The third kappa shape index (κ3) is 5.42. The van der Waals surface area contributed by atoms with Crippen LogP contribution >= 0.6 is 12.6 Å². The number of carbonyl (C=O) groups excluding carboxylic acids is 1. The normalized spacial score (nSPS) is 13.2. The summed E-state index contributed by atoms with van der Waals surface area (Å²) in [6.07, 6.45) is -4.76. The van der Waals surface area contributed by atoms with Gasteiger partial charge in [0.1, 0.15) is 5.75 Å². The molecule has 1 aromatic carbocycles. The molecule has 0 radical (unpaired) electrons. The Morgan fingerprint density at radius 1 is 1.37 bits per heavy atom. The van der Waals surface area contributed by atoms with Crippen molar-refractivity contribution in [2.75, 3.05) is 5.32 Å². The first-order valence-corrected chi connectivity index (χ1v) is 6.05. The zero-order valence-electron chi connectivity index (χ0n) is 10.4. The molecule has 19 heavy (non-hydrogen) atoms. The lowest BCUT2D eigenvalue weighted by Gasteiger charge is -2.15. The zero-order chi connectivity index (χ0) is 14.6. The fraction of sp³-hybridized carbons (Fsp3) is 0.417. The number of carbonyl (C=O) groups is 1. The van der Waals surface area contributed by atoms with Crippen LogP contribution in [-0.2, 0) is 4.79 Å². The standard InChI is InChI=1S/C12H14F3NO2S/c1-7(2)10(19)11(17)16-8-4-3-5-9(6-8)18-12(13,14)15/h3-7,10,19H,1-2H3,(H,16,17). The Hall–Kier alpha value is -1.37. The average Bonchev–Trinajstić information content (AvgIpc) is 2.25. The van der Waals surface area contributed by atoms with Crippen molar-refractivity contribution in [1.29, 1.82) is 0 Å². The van der Waals surface area contributed by atoms with Gasteiger partial charge in [-0.25, -0.2) is 0 Å². The predicted molar refractivity (Wildman–Crippen MR) is 69.4 cm³/mol. The lowest BCUT2D eigenvalue weighted by molar-refractivity contribution is -0.274. The van der Waals surface area contributed by atoms with E-state index < -0.39 is 11.6 Å². The highest BCUT2D eigenvalue weighted by atomic mass is 32.1. The summed E-state index contributed by atoms with van der Waals surface area (Å²) < 4.78 is 39.9. The number of hydrogen-bond acceptors (Lipinski definition) is 3. The van der Waals surface area contributed by atoms with Gasteiger partial charge in [0, 0.05) is 11.8 Å². The minimum atomic E-state index is -4.76. The number of halogens is 3. The Labute approximate surface area is 114 Å². The summed E-state index contributed by atoms with van der Waals surface area (Å²) in [4.78, 5) is 11.7. The van der Waals surface area contributed by atoms with Crippen molar-refractivity contribution in [2.24, 2.45) is 5.92 Å². The van der Waals surface area contributed by atoms with Gasteiger partial charge in [-0.3, -0.25) is 4.79 Å². The highest BCUT2D eigenvalue weighted by Crippen LogP contribution is 2.25. The number of alkyl halides is 3. The van der Waals surface area contributed by atoms with Crippen molar-refractivity contribution in [2.45, 2.75) is 25.5 Å². The van der Waals surface area contributed by atoms with E-state index in [2.05, 4.69) is 22.7 Å². The largest absolute Gasteiger partial charge is 0.573 e. The van der Waals surface area contributed by atoms with Gasteiger partial charge in [0.15, 0.2) is 0 Å². The molecule has 1 N–H and O–H groups in total. The molecule has 0 heterocycles. The summed E-state index contributed by atoms with van der Waals surface area (Å²) >= 11 is 4.12. The van der Waals surface area contributed by atoms with E-state index in [1.54, 1.807) is 0 Å². The Bertz CT molecular complexity index is 449. The summed E-state index contributed by atoms with van der Waals surface area (Å²) in [5, 5.41) is 1.95. The maximum Gasteiger partial charge on any atom is 0.573 e. The SMILES string of the molecule is CC(C)C(S)C(=O)Nc1cccc(OC(F)(F)F)c1. The highest BCUT2D eigenvalue weighted by molar-refractivity contribution is 7.81. The van der Waals surface area contributed by atoms with E-state index in [0.29, 0.717) is 0 Å². The van der Waals surface area contributed by atoms with Gasteiger partial charge in [0.05, 0.1) is 5.25 Å². The third-order valence-electron chi connectivity index (χ3n) is 2.24. The molecule has 0 bridgehead atoms. The molecule has 0 saturated carbocycles. The van der Waals surface area contributed by atoms with Gasteiger partial charge in [-0.2, -0.15) is 12.6 Å². The van der Waals surface area contributed by atoms with E-state index >= 15 is 0 Å². The van der Waals surface area contributed by atoms with Crippen molar-refractivity contribution in [1.82, 2.24) is 0 Å². The topological polar surface area (TPSA) is 38.3 Å². The Morgan fingerprint density at radius 3 is 2.53 bits per heavy atom. The second-order valence-corrected chi connectivity index (χ2v) is 4.81. The number of nitrogens with one attached hydrogen (secondary N) is 1. The molecule has 3 nitrogen and oxygen atoms in total. The molecular formula is C12H14F3NO2S. The molecule has 1 atom stereocenters. The Kier molecular flexibility index (Phi) is 5.11. The second kappa shape index (κ2) is 6.18. The van der Waals surface area contributed by atoms with E-state index in [-0.39, 0.29) is 23.3 Å². The highest BCUT2D eigenvalue weighted by Gasteiger charge is 2.31. The summed E-state index contributed by atoms with van der Waals surface area (Å²) in [6.45, 7) is 3.64. The number of rotatable bonds is 4. The minimum Gasteiger partial charge on any atom is -0.406 e. The molecule has 7 heteroatoms. The predicted octanol–water partition coefficient (Wildman–Crippen LogP) is 3.48. The molecule has 0 aromatic heterocycles. The van der Waals surface area contributed by atoms with Gasteiger partial charge in [-0.05, 0) is 18.1 Å². The first-order chi connectivity index (χ1) is 8.69. The minimum absolute atomic E-state index is 0.0120. The van der Waals surface area contributed by atoms with Crippen LogP contribution in [0.15, 0.2) is 24.3 Å². The maximum absolute atomic E-state index is 12.0. The summed E-state index contributed by atoms with van der Waals surface area (Å²) in [5.74, 6) is -0.744. The lowest BCUT2D eigenvalue weighted by atomic mass is 10.1. The number of thiol groups is 1. The van der Waals surface area contributed by atoms with Gasteiger partial charge >= 0.3 is 6.36 Å². The van der Waals surface area contributed by atoms with Crippen LogP contribution in [-0.4, -0.2) is 17.5 Å². The van der Waals surface area contributed by atoms with Crippen LogP contribution < -0.4 is 10.1 Å². The Balaban J connectivity index is 2.75. The third-order valence-corrected chi connectivity index (χ3v) is 3.07. The molecular weight excluding hydrogens is 279 g/mol. The van der Waals surface area contributed by atoms with Crippen LogP contribution in [0.25, 0.3) is 0 Å². The van der Waals surface area contributed by atoms with Crippen LogP contribution in [0.1, 0.15) is 13.8 Å². The molecule has 0 spiro atoms. The van der Waals surface area contributed by atoms with E-state index in [1.807, 2.05) is 13.8 Å². The van der Waals surface area contributed by atoms with Crippen LogP contribution in [0.3, 0.4) is 0 Å². The van der Waals surface area contributed by atoms with Crippen LogP contribution in [0, 0.1) is 5.92 Å². The second-order valence-electron chi connectivity index (χ2n) is 4.25. The molecule has 0 aliphatic rings. The summed E-state index contributed by atoms with van der Waals surface area (Å²) in [5.41, 5.74) is 0.228. The first kappa shape index (κ1) is 15.7. The van der Waals surface area contributed by atoms with Crippen molar-refractivity contribution < 1.29 is 22.7 Å². The number of amides is 1. The van der Waals surface area contributed by atoms with Crippen LogP contribution in [0.5, 0.6) is 5.75 Å². The molecule has 0 saturated heterocycles. The molecule has 106 valence electrons. The fourth-order valence-corrected chi connectivity index (χ4v) is 1.35. The molecule has 1 aromatic rings. The number of anilines is 1. The van der Waals surface area contributed by atoms with Crippen molar-refractivity contribution in [3.8, 4) is 5.75 Å². The smallest absolute Gasteiger partial charge is 0.406 e. The average molecular weight is 293 g/mol. The molecule has 1 unspecified atom stereocenters. The maximum atomic E-state index is 12.0. The van der Waals surface area contributed by atoms with Crippen LogP contribution in [0.2, 0.25) is 0 Å². The lowest BCUT2D eigenvalue weighted by Crippen LogP contribution is -2.27. The van der Waals surface area contributed by atoms with E-state index in [9.17, 15) is 18.0 Å². The van der Waals surface area contributed by atoms with E-state index in [4.69, 9.17) is 0 Å². The van der Waals surface area contributed by atoms with Crippen molar-refractivity contribution in [3.63, 3.8) is 0 Å². The molecule has 1 rings (SSSR count). The summed E-state index contributed by atoms with van der Waals surface area (Å²) in [7, 11) is 0. The van der Waals surface area contributed by atoms with Gasteiger partial charge in [-0.15, -0.1) is 13.2 Å². The molecule has 0 fully saturated rings. The number of hydrogen-bond donors (Lipinski definition) is 2. The van der Waals surface area contributed by atoms with Gasteiger partial charge in [0.25, 0.3) is 0 Å². The van der Waals surface area contributed by atoms with E-state index in [1.165, 1.54) is 12.1 Å². The van der Waals surface area contributed by atoms with E-state index in [0.717, 1.165) is 12.1 Å². The van der Waals surface area contributed by atoms with Gasteiger partial charge in [-0.1, -0.05) is 19.9 Å². The van der Waals surface area contributed by atoms with Gasteiger partial charge < -0.3 is 10.1 Å². The zero-order valence-corrected chi connectivity index (χ0v) is 11.3. The fourth-order valence-electron chi connectivity index (χ4n) is 1.29. The summed E-state index contributed by atoms with van der Waals surface area (Å²) in [6, 6.07) is 5.09. The monoisotopic (exact) mass is 293 g/mol. The first-order valence-electron chi connectivity index (χ1n) is 5.54. The molecule has 1 amide bonds. The van der Waals surface area contributed by atoms with Gasteiger partial charge in [0.2, 0.25) is 5.91 Å². The molecule has 0 aliphatic heterocycles.